The minimum atomic E-state index is -3.62. The topological polar surface area (TPSA) is 92.8 Å². The fourth-order valence-electron chi connectivity index (χ4n) is 2.30. The molecule has 27 heavy (non-hydrogen) atoms. The number of nitrogens with one attached hydrogen (secondary N) is 1. The van der Waals surface area contributed by atoms with Crippen LogP contribution in [-0.2, 0) is 14.8 Å². The Morgan fingerprint density at radius 2 is 1.81 bits per heavy atom. The van der Waals surface area contributed by atoms with E-state index in [-0.39, 0.29) is 17.3 Å². The minimum Gasteiger partial charge on any atom is -0.484 e. The molecule has 0 radical (unpaired) electrons. The SMILES string of the molecule is CC(=O)c1cccc(OCC(=O)Nc2ccc(C)c(S(=O)(=O)N(C)C)c2)c1. The predicted octanol–water partition coefficient (Wildman–Crippen LogP) is 2.47. The van der Waals surface area contributed by atoms with Gasteiger partial charge in [0.2, 0.25) is 10.0 Å². The van der Waals surface area contributed by atoms with Gasteiger partial charge in [-0.25, -0.2) is 12.7 Å². The van der Waals surface area contributed by atoms with E-state index in [1.807, 2.05) is 0 Å². The summed E-state index contributed by atoms with van der Waals surface area (Å²) in [6.07, 6.45) is 0. The molecule has 0 saturated heterocycles. The van der Waals surface area contributed by atoms with Gasteiger partial charge in [0.1, 0.15) is 5.75 Å². The number of carbonyl (C=O) groups is 2. The van der Waals surface area contributed by atoms with Gasteiger partial charge in [-0.1, -0.05) is 18.2 Å². The molecule has 2 aromatic rings. The maximum absolute atomic E-state index is 12.3. The summed E-state index contributed by atoms with van der Waals surface area (Å²) in [7, 11) is -0.720. The molecule has 0 aliphatic rings. The van der Waals surface area contributed by atoms with Crippen LogP contribution >= 0.6 is 0 Å². The first-order valence-electron chi connectivity index (χ1n) is 8.18. The molecule has 1 amide bonds. The number of rotatable bonds is 7. The molecule has 0 bridgehead atoms. The van der Waals surface area contributed by atoms with Gasteiger partial charge >= 0.3 is 0 Å². The first kappa shape index (κ1) is 20.6. The number of hydrogen-bond donors (Lipinski definition) is 1. The van der Waals surface area contributed by atoms with Gasteiger partial charge in [-0.3, -0.25) is 9.59 Å². The van der Waals surface area contributed by atoms with Gasteiger partial charge in [0.25, 0.3) is 5.91 Å². The van der Waals surface area contributed by atoms with Crippen molar-refractivity contribution in [2.45, 2.75) is 18.7 Å². The lowest BCUT2D eigenvalue weighted by Crippen LogP contribution is -2.24. The van der Waals surface area contributed by atoms with Crippen LogP contribution in [0.3, 0.4) is 0 Å². The van der Waals surface area contributed by atoms with E-state index in [2.05, 4.69) is 5.32 Å². The Hall–Kier alpha value is -2.71. The Kier molecular flexibility index (Phi) is 6.35. The molecule has 0 atom stereocenters. The molecule has 0 aliphatic heterocycles. The van der Waals surface area contributed by atoms with Gasteiger partial charge in [0.15, 0.2) is 12.4 Å². The molecule has 0 saturated carbocycles. The van der Waals surface area contributed by atoms with Crippen molar-refractivity contribution in [3.8, 4) is 5.75 Å². The van der Waals surface area contributed by atoms with Crippen LogP contribution in [0.5, 0.6) is 5.75 Å². The molecule has 0 aliphatic carbocycles. The maximum atomic E-state index is 12.3. The summed E-state index contributed by atoms with van der Waals surface area (Å²) in [5.41, 5.74) is 1.43. The van der Waals surface area contributed by atoms with Gasteiger partial charge in [0, 0.05) is 25.3 Å². The predicted molar refractivity (Wildman–Crippen MR) is 103 cm³/mol. The van der Waals surface area contributed by atoms with Crippen molar-refractivity contribution in [3.63, 3.8) is 0 Å². The Bertz CT molecular complexity index is 968. The van der Waals surface area contributed by atoms with E-state index in [0.29, 0.717) is 22.6 Å². The summed E-state index contributed by atoms with van der Waals surface area (Å²) in [6.45, 7) is 2.86. The highest BCUT2D eigenvalue weighted by Crippen LogP contribution is 2.22. The van der Waals surface area contributed by atoms with E-state index < -0.39 is 15.9 Å². The number of hydrogen-bond acceptors (Lipinski definition) is 5. The van der Waals surface area contributed by atoms with Crippen LogP contribution in [0.1, 0.15) is 22.8 Å². The summed E-state index contributed by atoms with van der Waals surface area (Å²) in [6, 6.07) is 11.2. The molecule has 0 aromatic heterocycles. The molecule has 0 unspecified atom stereocenters. The average Bonchev–Trinajstić information content (AvgIpc) is 2.61. The van der Waals surface area contributed by atoms with Crippen molar-refractivity contribution >= 4 is 27.4 Å². The summed E-state index contributed by atoms with van der Waals surface area (Å²) >= 11 is 0. The van der Waals surface area contributed by atoms with E-state index in [1.165, 1.54) is 27.1 Å². The highest BCUT2D eigenvalue weighted by Gasteiger charge is 2.20. The fraction of sp³-hybridized carbons (Fsp3) is 0.263. The van der Waals surface area contributed by atoms with Crippen LogP contribution in [0.4, 0.5) is 5.69 Å². The number of Topliss-reactive ketones (excluding diaryl/α,β-unsaturated/α-hetero) is 1. The van der Waals surface area contributed by atoms with E-state index in [9.17, 15) is 18.0 Å². The van der Waals surface area contributed by atoms with Gasteiger partial charge in [0.05, 0.1) is 4.90 Å². The molecular weight excluding hydrogens is 368 g/mol. The average molecular weight is 390 g/mol. The number of anilines is 1. The van der Waals surface area contributed by atoms with Crippen LogP contribution in [0.15, 0.2) is 47.4 Å². The Labute approximate surface area is 159 Å². The lowest BCUT2D eigenvalue weighted by atomic mass is 10.1. The van der Waals surface area contributed by atoms with Crippen molar-refractivity contribution in [2.75, 3.05) is 26.0 Å². The quantitative estimate of drug-likeness (QED) is 0.733. The minimum absolute atomic E-state index is 0.0980. The molecule has 0 spiro atoms. The highest BCUT2D eigenvalue weighted by atomic mass is 32.2. The first-order chi connectivity index (χ1) is 12.6. The normalized spacial score (nSPS) is 11.3. The molecular formula is C19H22N2O5S. The number of aryl methyl sites for hydroxylation is 1. The van der Waals surface area contributed by atoms with Crippen molar-refractivity contribution in [1.82, 2.24) is 4.31 Å². The Morgan fingerprint density at radius 3 is 2.44 bits per heavy atom. The van der Waals surface area contributed by atoms with Crippen LogP contribution in [0.2, 0.25) is 0 Å². The largest absolute Gasteiger partial charge is 0.484 e. The van der Waals surface area contributed by atoms with Crippen LogP contribution in [0.25, 0.3) is 0 Å². The van der Waals surface area contributed by atoms with Gasteiger partial charge in [-0.15, -0.1) is 0 Å². The van der Waals surface area contributed by atoms with Crippen LogP contribution in [0, 0.1) is 6.92 Å². The van der Waals surface area contributed by atoms with Crippen molar-refractivity contribution in [3.05, 3.63) is 53.6 Å². The lowest BCUT2D eigenvalue weighted by Gasteiger charge is -2.15. The molecule has 7 nitrogen and oxygen atoms in total. The number of amides is 1. The van der Waals surface area contributed by atoms with Gasteiger partial charge in [-0.05, 0) is 43.7 Å². The third kappa shape index (κ3) is 5.15. The van der Waals surface area contributed by atoms with Gasteiger partial charge < -0.3 is 10.1 Å². The van der Waals surface area contributed by atoms with E-state index in [4.69, 9.17) is 4.74 Å². The smallest absolute Gasteiger partial charge is 0.262 e. The fourth-order valence-corrected chi connectivity index (χ4v) is 3.45. The third-order valence-electron chi connectivity index (χ3n) is 3.84. The van der Waals surface area contributed by atoms with E-state index >= 15 is 0 Å². The molecule has 0 heterocycles. The molecule has 2 rings (SSSR count). The second-order valence-corrected chi connectivity index (χ2v) is 8.31. The second kappa shape index (κ2) is 8.32. The zero-order chi connectivity index (χ0) is 20.2. The van der Waals surface area contributed by atoms with Crippen LogP contribution in [-0.4, -0.2) is 45.1 Å². The summed E-state index contributed by atoms with van der Waals surface area (Å²) < 4.78 is 31.2. The van der Waals surface area contributed by atoms with Crippen molar-refractivity contribution in [2.24, 2.45) is 0 Å². The zero-order valence-corrected chi connectivity index (χ0v) is 16.5. The summed E-state index contributed by atoms with van der Waals surface area (Å²) in [5.74, 6) is -0.142. The Balaban J connectivity index is 2.08. The highest BCUT2D eigenvalue weighted by molar-refractivity contribution is 7.89. The molecule has 0 fully saturated rings. The number of ketones is 1. The molecule has 2 aromatic carbocycles. The standard InChI is InChI=1S/C19H22N2O5S/c1-13-8-9-16(11-18(13)27(24,25)21(3)4)20-19(23)12-26-17-7-5-6-15(10-17)14(2)22/h5-11H,12H2,1-4H3,(H,20,23). The number of sulfonamides is 1. The van der Waals surface area contributed by atoms with E-state index in [0.717, 1.165) is 4.31 Å². The van der Waals surface area contributed by atoms with Crippen LogP contribution < -0.4 is 10.1 Å². The number of carbonyl (C=O) groups excluding carboxylic acids is 2. The number of ether oxygens (including phenoxy) is 1. The lowest BCUT2D eigenvalue weighted by molar-refractivity contribution is -0.118. The first-order valence-corrected chi connectivity index (χ1v) is 9.62. The molecule has 1 N–H and O–H groups in total. The number of nitrogens with zero attached hydrogens (tertiary/aromatic N) is 1. The zero-order valence-electron chi connectivity index (χ0n) is 15.6. The molecule has 144 valence electrons. The summed E-state index contributed by atoms with van der Waals surface area (Å²) in [4.78, 5) is 23.6. The monoisotopic (exact) mass is 390 g/mol. The number of benzene rings is 2. The van der Waals surface area contributed by atoms with Crippen molar-refractivity contribution in [1.29, 1.82) is 0 Å². The third-order valence-corrected chi connectivity index (χ3v) is 5.80. The van der Waals surface area contributed by atoms with Crippen molar-refractivity contribution < 1.29 is 22.7 Å². The Morgan fingerprint density at radius 1 is 1.11 bits per heavy atom. The van der Waals surface area contributed by atoms with E-state index in [1.54, 1.807) is 43.3 Å². The molecule has 8 heteroatoms. The second-order valence-electron chi connectivity index (χ2n) is 6.19. The van der Waals surface area contributed by atoms with Gasteiger partial charge in [-0.2, -0.15) is 0 Å². The summed E-state index contributed by atoms with van der Waals surface area (Å²) in [5, 5.41) is 2.61. The maximum Gasteiger partial charge on any atom is 0.262 e.